The Hall–Kier alpha value is -1.60. The van der Waals surface area contributed by atoms with E-state index in [9.17, 15) is 14.9 Å². The summed E-state index contributed by atoms with van der Waals surface area (Å²) in [7, 11) is 0. The quantitative estimate of drug-likeness (QED) is 0.408. The number of nitro groups is 1. The maximum atomic E-state index is 11.7. The van der Waals surface area contributed by atoms with E-state index in [1.165, 1.54) is 12.1 Å². The minimum atomic E-state index is -0.473. The summed E-state index contributed by atoms with van der Waals surface area (Å²) in [6, 6.07) is 6.09. The molecule has 1 rings (SSSR count). The smallest absolute Gasteiger partial charge is 0.269 e. The van der Waals surface area contributed by atoms with Gasteiger partial charge in [-0.05, 0) is 17.7 Å². The second kappa shape index (κ2) is 9.33. The van der Waals surface area contributed by atoms with Gasteiger partial charge in [-0.1, -0.05) is 12.1 Å². The lowest BCUT2D eigenvalue weighted by Gasteiger charge is -2.05. The molecule has 0 atom stereocenters. The van der Waals surface area contributed by atoms with E-state index in [4.69, 9.17) is 5.11 Å². The number of nitrogens with one attached hydrogen (secondary N) is 1. The third kappa shape index (κ3) is 6.53. The number of thioether (sulfide) groups is 1. The van der Waals surface area contributed by atoms with Crippen molar-refractivity contribution in [2.24, 2.45) is 0 Å². The molecule has 0 heterocycles. The van der Waals surface area contributed by atoms with Crippen molar-refractivity contribution in [1.82, 2.24) is 5.32 Å². The molecule has 2 N–H and O–H groups in total. The van der Waals surface area contributed by atoms with Crippen LogP contribution in [0.25, 0.3) is 0 Å². The first-order valence-corrected chi connectivity index (χ1v) is 7.47. The van der Waals surface area contributed by atoms with Crippen LogP contribution in [-0.4, -0.2) is 40.6 Å². The number of amides is 1. The van der Waals surface area contributed by atoms with E-state index in [0.29, 0.717) is 12.1 Å². The average molecular weight is 298 g/mol. The van der Waals surface area contributed by atoms with Crippen LogP contribution in [0.15, 0.2) is 24.3 Å². The molecule has 0 unspecified atom stereocenters. The molecule has 1 aromatic rings. The molecule has 1 amide bonds. The summed E-state index contributed by atoms with van der Waals surface area (Å²) in [5.41, 5.74) is 0.625. The van der Waals surface area contributed by atoms with Gasteiger partial charge in [0.25, 0.3) is 5.69 Å². The number of carbonyl (C=O) groups is 1. The number of benzene rings is 1. The Balaban J connectivity index is 2.28. The Kier molecular flexibility index (Phi) is 7.67. The highest BCUT2D eigenvalue weighted by molar-refractivity contribution is 7.99. The van der Waals surface area contributed by atoms with Crippen molar-refractivity contribution >= 4 is 23.4 Å². The highest BCUT2D eigenvalue weighted by Gasteiger charge is 2.08. The monoisotopic (exact) mass is 298 g/mol. The maximum absolute atomic E-state index is 11.7. The van der Waals surface area contributed by atoms with Gasteiger partial charge in [0.1, 0.15) is 0 Å². The van der Waals surface area contributed by atoms with Gasteiger partial charge in [0.05, 0.1) is 11.3 Å². The summed E-state index contributed by atoms with van der Waals surface area (Å²) in [4.78, 5) is 21.8. The Bertz CT molecular complexity index is 454. The largest absolute Gasteiger partial charge is 0.396 e. The van der Waals surface area contributed by atoms with Crippen LogP contribution in [0, 0.1) is 10.1 Å². The molecule has 0 aliphatic heterocycles. The lowest BCUT2D eigenvalue weighted by molar-refractivity contribution is -0.384. The average Bonchev–Trinajstić information content (AvgIpc) is 2.43. The zero-order valence-corrected chi connectivity index (χ0v) is 11.9. The minimum Gasteiger partial charge on any atom is -0.396 e. The van der Waals surface area contributed by atoms with E-state index in [1.807, 2.05) is 0 Å². The van der Waals surface area contributed by atoms with Crippen LogP contribution in [-0.2, 0) is 11.2 Å². The summed E-state index contributed by atoms with van der Waals surface area (Å²) in [5.74, 6) is 1.52. The summed E-state index contributed by atoms with van der Waals surface area (Å²) >= 11 is 1.67. The molecular formula is C13H18N2O4S. The fraction of sp³-hybridized carbons (Fsp3) is 0.462. The Morgan fingerprint density at radius 1 is 1.40 bits per heavy atom. The van der Waals surface area contributed by atoms with Crippen molar-refractivity contribution in [2.45, 2.75) is 12.8 Å². The highest BCUT2D eigenvalue weighted by atomic mass is 32.2. The number of aliphatic hydroxyl groups is 1. The number of hydrogen-bond donors (Lipinski definition) is 2. The topological polar surface area (TPSA) is 92.5 Å². The second-order valence-corrected chi connectivity index (χ2v) is 5.37. The molecule has 0 aliphatic rings. The van der Waals surface area contributed by atoms with Gasteiger partial charge in [-0.3, -0.25) is 14.9 Å². The van der Waals surface area contributed by atoms with Crippen molar-refractivity contribution in [3.05, 3.63) is 39.9 Å². The van der Waals surface area contributed by atoms with E-state index in [0.717, 1.165) is 17.9 Å². The first kappa shape index (κ1) is 16.5. The molecule has 0 saturated carbocycles. The van der Waals surface area contributed by atoms with Gasteiger partial charge in [0.15, 0.2) is 0 Å². The molecule has 0 spiro atoms. The first-order valence-electron chi connectivity index (χ1n) is 6.32. The molecule has 0 radical (unpaired) electrons. The maximum Gasteiger partial charge on any atom is 0.269 e. The molecule has 110 valence electrons. The van der Waals surface area contributed by atoms with Crippen LogP contribution in [0.1, 0.15) is 12.0 Å². The third-order valence-corrected chi connectivity index (χ3v) is 3.57. The van der Waals surface area contributed by atoms with Crippen molar-refractivity contribution in [1.29, 1.82) is 0 Å². The molecule has 0 saturated heterocycles. The zero-order chi connectivity index (χ0) is 14.8. The summed E-state index contributed by atoms with van der Waals surface area (Å²) in [6.07, 6.45) is 0.898. The number of nitrogens with zero attached hydrogens (tertiary/aromatic N) is 1. The molecule has 1 aromatic carbocycles. The van der Waals surface area contributed by atoms with Crippen molar-refractivity contribution in [3.8, 4) is 0 Å². The number of nitro benzene ring substituents is 1. The summed E-state index contributed by atoms with van der Waals surface area (Å²) in [5, 5.41) is 22.0. The number of non-ortho nitro benzene ring substituents is 1. The van der Waals surface area contributed by atoms with E-state index >= 15 is 0 Å². The van der Waals surface area contributed by atoms with E-state index in [-0.39, 0.29) is 24.6 Å². The molecule has 0 bridgehead atoms. The summed E-state index contributed by atoms with van der Waals surface area (Å²) in [6.45, 7) is 0.746. The Labute approximate surface area is 121 Å². The normalized spacial score (nSPS) is 10.2. The Morgan fingerprint density at radius 3 is 2.90 bits per heavy atom. The Morgan fingerprint density at radius 2 is 2.20 bits per heavy atom. The van der Waals surface area contributed by atoms with Crippen molar-refractivity contribution < 1.29 is 14.8 Å². The van der Waals surface area contributed by atoms with Crippen LogP contribution < -0.4 is 5.32 Å². The molecule has 0 aromatic heterocycles. The van der Waals surface area contributed by atoms with Gasteiger partial charge < -0.3 is 10.4 Å². The van der Waals surface area contributed by atoms with Gasteiger partial charge in [-0.15, -0.1) is 0 Å². The number of rotatable bonds is 9. The van der Waals surface area contributed by atoms with E-state index in [1.54, 1.807) is 23.9 Å². The predicted octanol–water partition coefficient (Wildman–Crippen LogP) is 1.37. The highest BCUT2D eigenvalue weighted by Crippen LogP contribution is 2.13. The van der Waals surface area contributed by atoms with Gasteiger partial charge >= 0.3 is 0 Å². The van der Waals surface area contributed by atoms with Gasteiger partial charge in [-0.2, -0.15) is 11.8 Å². The van der Waals surface area contributed by atoms with E-state index < -0.39 is 4.92 Å². The SMILES string of the molecule is O=C(Cc1cccc([N+](=O)[O-])c1)NCCSCCCO. The molecule has 20 heavy (non-hydrogen) atoms. The van der Waals surface area contributed by atoms with Crippen molar-refractivity contribution in [2.75, 3.05) is 24.7 Å². The lowest BCUT2D eigenvalue weighted by atomic mass is 10.1. The predicted molar refractivity (Wildman–Crippen MR) is 78.8 cm³/mol. The lowest BCUT2D eigenvalue weighted by Crippen LogP contribution is -2.27. The number of carbonyl (C=O) groups excluding carboxylic acids is 1. The van der Waals surface area contributed by atoms with Crippen LogP contribution in [0.4, 0.5) is 5.69 Å². The fourth-order valence-corrected chi connectivity index (χ4v) is 2.34. The number of aliphatic hydroxyl groups excluding tert-OH is 1. The molecule has 0 fully saturated rings. The van der Waals surface area contributed by atoms with E-state index in [2.05, 4.69) is 5.32 Å². The molecule has 7 heteroatoms. The standard InChI is InChI=1S/C13H18N2O4S/c16-6-2-7-20-8-5-14-13(17)10-11-3-1-4-12(9-11)15(18)19/h1,3-4,9,16H,2,5-8,10H2,(H,14,17). The molecule has 0 aliphatic carbocycles. The zero-order valence-electron chi connectivity index (χ0n) is 11.1. The summed E-state index contributed by atoms with van der Waals surface area (Å²) < 4.78 is 0. The van der Waals surface area contributed by atoms with Crippen LogP contribution in [0.5, 0.6) is 0 Å². The fourth-order valence-electron chi connectivity index (χ4n) is 1.56. The van der Waals surface area contributed by atoms with Crippen LogP contribution >= 0.6 is 11.8 Å². The van der Waals surface area contributed by atoms with Gasteiger partial charge in [0, 0.05) is 31.0 Å². The third-order valence-electron chi connectivity index (χ3n) is 2.50. The van der Waals surface area contributed by atoms with Gasteiger partial charge in [-0.25, -0.2) is 0 Å². The number of hydrogen-bond acceptors (Lipinski definition) is 5. The van der Waals surface area contributed by atoms with Gasteiger partial charge in [0.2, 0.25) is 5.91 Å². The van der Waals surface area contributed by atoms with Crippen molar-refractivity contribution in [3.63, 3.8) is 0 Å². The molecule has 6 nitrogen and oxygen atoms in total. The van der Waals surface area contributed by atoms with Crippen LogP contribution in [0.2, 0.25) is 0 Å². The minimum absolute atomic E-state index is 0.00476. The first-order chi connectivity index (χ1) is 9.63. The molecular weight excluding hydrogens is 280 g/mol. The second-order valence-electron chi connectivity index (χ2n) is 4.14. The van der Waals surface area contributed by atoms with Crippen LogP contribution in [0.3, 0.4) is 0 Å².